The molecule has 4 aromatic carbocycles. The summed E-state index contributed by atoms with van der Waals surface area (Å²) in [5, 5.41) is 7.40. The number of amides is 1. The number of hydrogen-bond donors (Lipinski definition) is 1. The summed E-state index contributed by atoms with van der Waals surface area (Å²) >= 11 is 0. The number of hydrogen-bond acceptors (Lipinski definition) is 2. The molecule has 0 unspecified atom stereocenters. The maximum Gasteiger partial charge on any atom is 0.407 e. The van der Waals surface area contributed by atoms with Crippen molar-refractivity contribution in [2.75, 3.05) is 6.54 Å². The average Bonchev–Trinajstić information content (AvgIpc) is 2.77. The first-order valence-electron chi connectivity index (χ1n) is 9.65. The van der Waals surface area contributed by atoms with Gasteiger partial charge in [-0.15, -0.1) is 0 Å². The number of benzene rings is 4. The SMILES string of the molecule is O=C(NCCC#Cc1c2ccccc2cc2ccccc12)OCc1ccccc1. The van der Waals surface area contributed by atoms with Gasteiger partial charge < -0.3 is 10.1 Å². The topological polar surface area (TPSA) is 38.3 Å². The number of carbonyl (C=O) groups excluding carboxylic acids is 1. The molecule has 0 heterocycles. The standard InChI is InChI=1S/C26H21NO2/c28-26(29-19-20-10-2-1-3-11-20)27-17-9-8-16-25-23-14-6-4-12-21(23)18-22-13-5-7-15-24(22)25/h1-7,10-15,18H,9,17,19H2,(H,27,28). The Morgan fingerprint density at radius 3 is 2.14 bits per heavy atom. The fourth-order valence-corrected chi connectivity index (χ4v) is 3.30. The van der Waals surface area contributed by atoms with E-state index in [0.717, 1.165) is 21.9 Å². The predicted molar refractivity (Wildman–Crippen MR) is 118 cm³/mol. The average molecular weight is 379 g/mol. The molecule has 0 saturated heterocycles. The Hall–Kier alpha value is -3.77. The van der Waals surface area contributed by atoms with Crippen LogP contribution in [0.4, 0.5) is 4.79 Å². The molecule has 3 nitrogen and oxygen atoms in total. The van der Waals surface area contributed by atoms with Crippen molar-refractivity contribution in [2.45, 2.75) is 13.0 Å². The fraction of sp³-hybridized carbons (Fsp3) is 0.115. The van der Waals surface area contributed by atoms with E-state index in [1.807, 2.05) is 54.6 Å². The van der Waals surface area contributed by atoms with Crippen LogP contribution in [0.15, 0.2) is 84.9 Å². The summed E-state index contributed by atoms with van der Waals surface area (Å²) in [6, 6.07) is 28.4. The Labute approximate surface area is 170 Å². The molecule has 0 aromatic heterocycles. The van der Waals surface area contributed by atoms with Gasteiger partial charge in [0.2, 0.25) is 0 Å². The molecule has 0 radical (unpaired) electrons. The van der Waals surface area contributed by atoms with Crippen LogP contribution >= 0.6 is 0 Å². The Bertz CT molecular complexity index is 1150. The summed E-state index contributed by atoms with van der Waals surface area (Å²) < 4.78 is 5.21. The second kappa shape index (κ2) is 8.95. The van der Waals surface area contributed by atoms with Crippen molar-refractivity contribution in [3.8, 4) is 11.8 Å². The lowest BCUT2D eigenvalue weighted by atomic mass is 9.97. The van der Waals surface area contributed by atoms with Gasteiger partial charge >= 0.3 is 6.09 Å². The van der Waals surface area contributed by atoms with Gasteiger partial charge in [0.1, 0.15) is 6.61 Å². The molecule has 4 aromatic rings. The van der Waals surface area contributed by atoms with Crippen LogP contribution in [0.2, 0.25) is 0 Å². The molecule has 0 atom stereocenters. The third-order valence-electron chi connectivity index (χ3n) is 4.72. The lowest BCUT2D eigenvalue weighted by Gasteiger charge is -2.07. The van der Waals surface area contributed by atoms with E-state index in [9.17, 15) is 4.79 Å². The van der Waals surface area contributed by atoms with E-state index in [-0.39, 0.29) is 6.61 Å². The monoisotopic (exact) mass is 379 g/mol. The minimum Gasteiger partial charge on any atom is -0.445 e. The Morgan fingerprint density at radius 1 is 0.828 bits per heavy atom. The Kier molecular flexibility index (Phi) is 5.73. The molecule has 4 rings (SSSR count). The lowest BCUT2D eigenvalue weighted by molar-refractivity contribution is 0.140. The Balaban J connectivity index is 1.40. The molecule has 29 heavy (non-hydrogen) atoms. The van der Waals surface area contributed by atoms with E-state index in [1.165, 1.54) is 10.8 Å². The quantitative estimate of drug-likeness (QED) is 0.282. The van der Waals surface area contributed by atoms with Gasteiger partial charge in [0, 0.05) is 18.5 Å². The first kappa shape index (κ1) is 18.6. The zero-order valence-electron chi connectivity index (χ0n) is 16.0. The number of fused-ring (bicyclic) bond motifs is 2. The first-order chi connectivity index (χ1) is 14.3. The largest absolute Gasteiger partial charge is 0.445 e. The summed E-state index contributed by atoms with van der Waals surface area (Å²) in [5.74, 6) is 6.51. The maximum absolute atomic E-state index is 11.8. The highest BCUT2D eigenvalue weighted by Crippen LogP contribution is 2.27. The van der Waals surface area contributed by atoms with Crippen LogP contribution < -0.4 is 5.32 Å². The van der Waals surface area contributed by atoms with Crippen molar-refractivity contribution in [3.05, 3.63) is 96.1 Å². The van der Waals surface area contributed by atoms with E-state index in [2.05, 4.69) is 47.5 Å². The summed E-state index contributed by atoms with van der Waals surface area (Å²) in [7, 11) is 0. The zero-order valence-corrected chi connectivity index (χ0v) is 16.0. The molecule has 0 fully saturated rings. The van der Waals surface area contributed by atoms with Gasteiger partial charge in [-0.1, -0.05) is 90.7 Å². The van der Waals surface area contributed by atoms with E-state index >= 15 is 0 Å². The molecule has 3 heteroatoms. The molecule has 142 valence electrons. The van der Waals surface area contributed by atoms with Crippen LogP contribution in [0.25, 0.3) is 21.5 Å². The smallest absolute Gasteiger partial charge is 0.407 e. The highest BCUT2D eigenvalue weighted by molar-refractivity contribution is 6.04. The molecule has 0 aliphatic carbocycles. The number of carbonyl (C=O) groups is 1. The minimum absolute atomic E-state index is 0.264. The normalized spacial score (nSPS) is 10.3. The van der Waals surface area contributed by atoms with Gasteiger partial charge in [-0.2, -0.15) is 0 Å². The molecule has 0 aliphatic rings. The van der Waals surface area contributed by atoms with Gasteiger partial charge in [-0.3, -0.25) is 0 Å². The van der Waals surface area contributed by atoms with Crippen molar-refractivity contribution >= 4 is 27.6 Å². The number of rotatable bonds is 4. The van der Waals surface area contributed by atoms with Crippen molar-refractivity contribution in [1.82, 2.24) is 5.32 Å². The van der Waals surface area contributed by atoms with Crippen LogP contribution in [-0.2, 0) is 11.3 Å². The minimum atomic E-state index is -0.425. The van der Waals surface area contributed by atoms with E-state index in [1.54, 1.807) is 0 Å². The number of ether oxygens (including phenoxy) is 1. The molecule has 0 bridgehead atoms. The molecule has 0 spiro atoms. The van der Waals surface area contributed by atoms with Crippen LogP contribution in [0, 0.1) is 11.8 Å². The van der Waals surface area contributed by atoms with Crippen LogP contribution in [0.3, 0.4) is 0 Å². The summed E-state index contributed by atoms with van der Waals surface area (Å²) in [4.78, 5) is 11.8. The van der Waals surface area contributed by atoms with Crippen molar-refractivity contribution in [2.24, 2.45) is 0 Å². The summed E-state index contributed by atoms with van der Waals surface area (Å²) in [5.41, 5.74) is 2.00. The third-order valence-corrected chi connectivity index (χ3v) is 4.72. The van der Waals surface area contributed by atoms with Gasteiger partial charge in [-0.05, 0) is 33.2 Å². The van der Waals surface area contributed by atoms with Crippen LogP contribution in [-0.4, -0.2) is 12.6 Å². The van der Waals surface area contributed by atoms with E-state index in [4.69, 9.17) is 4.74 Å². The van der Waals surface area contributed by atoms with Crippen LogP contribution in [0.1, 0.15) is 17.5 Å². The molecule has 0 saturated carbocycles. The summed E-state index contributed by atoms with van der Waals surface area (Å²) in [6.07, 6.45) is 0.129. The summed E-state index contributed by atoms with van der Waals surface area (Å²) in [6.45, 7) is 0.712. The number of nitrogens with one attached hydrogen (secondary N) is 1. The molecular formula is C26H21NO2. The van der Waals surface area contributed by atoms with Gasteiger partial charge in [-0.25, -0.2) is 4.79 Å². The maximum atomic E-state index is 11.8. The van der Waals surface area contributed by atoms with E-state index in [0.29, 0.717) is 13.0 Å². The van der Waals surface area contributed by atoms with Crippen LogP contribution in [0.5, 0.6) is 0 Å². The van der Waals surface area contributed by atoms with Gasteiger partial charge in [0.15, 0.2) is 0 Å². The highest BCUT2D eigenvalue weighted by atomic mass is 16.5. The van der Waals surface area contributed by atoms with Gasteiger partial charge in [0.05, 0.1) is 0 Å². The predicted octanol–water partition coefficient (Wildman–Crippen LogP) is 5.66. The van der Waals surface area contributed by atoms with Crippen molar-refractivity contribution < 1.29 is 9.53 Å². The van der Waals surface area contributed by atoms with E-state index < -0.39 is 6.09 Å². The second-order valence-corrected chi connectivity index (χ2v) is 6.73. The fourth-order valence-electron chi connectivity index (χ4n) is 3.30. The second-order valence-electron chi connectivity index (χ2n) is 6.73. The van der Waals surface area contributed by atoms with Gasteiger partial charge in [0.25, 0.3) is 0 Å². The first-order valence-corrected chi connectivity index (χ1v) is 9.65. The molecule has 1 N–H and O–H groups in total. The number of alkyl carbamates (subject to hydrolysis) is 1. The molecule has 1 amide bonds. The zero-order chi connectivity index (χ0) is 19.9. The van der Waals surface area contributed by atoms with Crippen molar-refractivity contribution in [3.63, 3.8) is 0 Å². The lowest BCUT2D eigenvalue weighted by Crippen LogP contribution is -2.24. The highest BCUT2D eigenvalue weighted by Gasteiger charge is 2.05. The van der Waals surface area contributed by atoms with Crippen molar-refractivity contribution in [1.29, 1.82) is 0 Å². The third kappa shape index (κ3) is 4.56. The Morgan fingerprint density at radius 2 is 1.45 bits per heavy atom. The molecular weight excluding hydrogens is 358 g/mol. The molecule has 0 aliphatic heterocycles.